The van der Waals surface area contributed by atoms with E-state index in [2.05, 4.69) is 5.10 Å². The van der Waals surface area contributed by atoms with Crippen LogP contribution in [0.1, 0.15) is 25.5 Å². The highest BCUT2D eigenvalue weighted by atomic mass is 32.2. The maximum absolute atomic E-state index is 11.3. The molecule has 0 fully saturated rings. The lowest BCUT2D eigenvalue weighted by molar-refractivity contribution is 0.180. The van der Waals surface area contributed by atoms with Crippen LogP contribution >= 0.6 is 0 Å². The summed E-state index contributed by atoms with van der Waals surface area (Å²) in [6, 6.07) is 1.45. The molecule has 0 saturated heterocycles. The summed E-state index contributed by atoms with van der Waals surface area (Å²) in [5.41, 5.74) is 0.572. The number of ether oxygens (including phenoxy) is 1. The number of aromatic nitrogens is 2. The predicted molar refractivity (Wildman–Crippen MR) is 59.2 cm³/mol. The van der Waals surface area contributed by atoms with Crippen molar-refractivity contribution in [3.05, 3.63) is 11.8 Å². The summed E-state index contributed by atoms with van der Waals surface area (Å²) in [5, 5.41) is 9.29. The summed E-state index contributed by atoms with van der Waals surface area (Å²) in [4.78, 5) is 0. The first-order valence-corrected chi connectivity index (χ1v) is 6.62. The Morgan fingerprint density at radius 2 is 2.25 bits per heavy atom. The first-order valence-electron chi connectivity index (χ1n) is 5.07. The van der Waals surface area contributed by atoms with Gasteiger partial charge in [-0.25, -0.2) is 13.6 Å². The van der Waals surface area contributed by atoms with Crippen LogP contribution in [-0.2, 0) is 27.9 Å². The topological polar surface area (TPSA) is 87.2 Å². The molecule has 1 rings (SSSR count). The van der Waals surface area contributed by atoms with Gasteiger partial charge in [0.05, 0.1) is 12.3 Å². The predicted octanol–water partition coefficient (Wildman–Crippen LogP) is 0.477. The molecule has 0 aliphatic rings. The zero-order chi connectivity index (χ0) is 12.2. The highest BCUT2D eigenvalue weighted by molar-refractivity contribution is 7.89. The lowest BCUT2D eigenvalue weighted by Crippen LogP contribution is -2.18. The molecule has 1 aromatic heterocycles. The van der Waals surface area contributed by atoms with Gasteiger partial charge in [-0.3, -0.25) is 4.68 Å². The minimum Gasteiger partial charge on any atom is -0.378 e. The summed E-state index contributed by atoms with van der Waals surface area (Å²) < 4.78 is 28.9. The average Bonchev–Trinajstić information content (AvgIpc) is 2.58. The smallest absolute Gasteiger partial charge is 0.255 e. The summed E-state index contributed by atoms with van der Waals surface area (Å²) >= 11 is 0. The van der Waals surface area contributed by atoms with Gasteiger partial charge in [0.1, 0.15) is 0 Å². The van der Waals surface area contributed by atoms with Gasteiger partial charge in [-0.15, -0.1) is 0 Å². The number of aryl methyl sites for hydroxylation is 1. The molecule has 0 bridgehead atoms. The molecule has 0 radical (unpaired) electrons. The Hall–Kier alpha value is -0.920. The van der Waals surface area contributed by atoms with Crippen molar-refractivity contribution in [1.29, 1.82) is 0 Å². The second-order valence-electron chi connectivity index (χ2n) is 3.53. The average molecular weight is 247 g/mol. The minimum atomic E-state index is -3.72. The van der Waals surface area contributed by atoms with Crippen LogP contribution in [0.3, 0.4) is 0 Å². The number of primary sulfonamides is 1. The van der Waals surface area contributed by atoms with Crippen LogP contribution in [0.5, 0.6) is 0 Å². The summed E-state index contributed by atoms with van der Waals surface area (Å²) in [6.07, 6.45) is 1.82. The Morgan fingerprint density at radius 1 is 1.56 bits per heavy atom. The second-order valence-corrected chi connectivity index (χ2v) is 5.04. The van der Waals surface area contributed by atoms with Crippen LogP contribution in [0.2, 0.25) is 0 Å². The lowest BCUT2D eigenvalue weighted by atomic mass is 10.3. The van der Waals surface area contributed by atoms with Gasteiger partial charge in [0.25, 0.3) is 10.0 Å². The molecule has 0 amide bonds. The molecule has 0 unspecified atom stereocenters. The lowest BCUT2D eigenvalue weighted by Gasteiger charge is -2.03. The third-order valence-corrected chi connectivity index (χ3v) is 3.01. The number of unbranched alkanes of at least 4 members (excludes halogenated alkanes) is 1. The molecule has 1 aromatic rings. The summed E-state index contributed by atoms with van der Waals surface area (Å²) in [5.74, 6) is 0. The van der Waals surface area contributed by atoms with E-state index in [0.29, 0.717) is 12.2 Å². The molecule has 0 aromatic carbocycles. The fourth-order valence-corrected chi connectivity index (χ4v) is 2.09. The number of nitrogens with zero attached hydrogens (tertiary/aromatic N) is 2. The van der Waals surface area contributed by atoms with Crippen molar-refractivity contribution in [3.8, 4) is 0 Å². The van der Waals surface area contributed by atoms with Crippen LogP contribution < -0.4 is 5.14 Å². The van der Waals surface area contributed by atoms with Gasteiger partial charge >= 0.3 is 0 Å². The SMILES string of the molecule is CCCCn1nc(COC)cc1S(N)(=O)=O. The maximum atomic E-state index is 11.3. The number of sulfonamides is 1. The minimum absolute atomic E-state index is 0.0491. The third kappa shape index (κ3) is 3.29. The van der Waals surface area contributed by atoms with Gasteiger partial charge in [0.2, 0.25) is 0 Å². The Bertz CT molecular complexity index is 439. The highest BCUT2D eigenvalue weighted by Gasteiger charge is 2.17. The molecular weight excluding hydrogens is 230 g/mol. The van der Waals surface area contributed by atoms with Gasteiger partial charge in [0, 0.05) is 19.7 Å². The van der Waals surface area contributed by atoms with Crippen molar-refractivity contribution in [2.75, 3.05) is 7.11 Å². The molecule has 0 aliphatic heterocycles. The van der Waals surface area contributed by atoms with E-state index in [1.165, 1.54) is 17.9 Å². The van der Waals surface area contributed by atoms with Crippen molar-refractivity contribution in [2.45, 2.75) is 37.9 Å². The van der Waals surface area contributed by atoms with Crippen LogP contribution in [0.4, 0.5) is 0 Å². The van der Waals surface area contributed by atoms with Crippen molar-refractivity contribution < 1.29 is 13.2 Å². The maximum Gasteiger partial charge on any atom is 0.255 e. The molecule has 92 valence electrons. The zero-order valence-electron chi connectivity index (χ0n) is 9.51. The fourth-order valence-electron chi connectivity index (χ4n) is 1.37. The first-order chi connectivity index (χ1) is 7.49. The zero-order valence-corrected chi connectivity index (χ0v) is 10.3. The molecule has 0 atom stereocenters. The second kappa shape index (κ2) is 5.42. The van der Waals surface area contributed by atoms with Gasteiger partial charge in [-0.05, 0) is 6.42 Å². The number of rotatable bonds is 6. The molecule has 1 heterocycles. The molecule has 6 nitrogen and oxygen atoms in total. The van der Waals surface area contributed by atoms with Crippen molar-refractivity contribution >= 4 is 10.0 Å². The largest absolute Gasteiger partial charge is 0.378 e. The van der Waals surface area contributed by atoms with E-state index in [0.717, 1.165) is 12.8 Å². The van der Waals surface area contributed by atoms with E-state index in [9.17, 15) is 8.42 Å². The first kappa shape index (κ1) is 13.1. The highest BCUT2D eigenvalue weighted by Crippen LogP contribution is 2.11. The van der Waals surface area contributed by atoms with E-state index in [4.69, 9.17) is 9.88 Å². The Morgan fingerprint density at radius 3 is 2.75 bits per heavy atom. The standard InChI is InChI=1S/C9H17N3O3S/c1-3-4-5-12-9(16(10,13)14)6-8(11-12)7-15-2/h6H,3-5,7H2,1-2H3,(H2,10,13,14). The normalized spacial score (nSPS) is 11.9. The number of hydrogen-bond acceptors (Lipinski definition) is 4. The Kier molecular flexibility index (Phi) is 4.45. The van der Waals surface area contributed by atoms with Gasteiger partial charge in [-0.1, -0.05) is 13.3 Å². The van der Waals surface area contributed by atoms with Gasteiger partial charge < -0.3 is 4.74 Å². The summed E-state index contributed by atoms with van der Waals surface area (Å²) in [7, 11) is -2.19. The molecule has 0 aliphatic carbocycles. The number of hydrogen-bond donors (Lipinski definition) is 1. The van der Waals surface area contributed by atoms with E-state index in [1.54, 1.807) is 0 Å². The van der Waals surface area contributed by atoms with Gasteiger partial charge in [0.15, 0.2) is 5.03 Å². The summed E-state index contributed by atoms with van der Waals surface area (Å²) in [6.45, 7) is 2.85. The molecule has 2 N–H and O–H groups in total. The molecule has 16 heavy (non-hydrogen) atoms. The molecule has 0 saturated carbocycles. The molecule has 7 heteroatoms. The van der Waals surface area contributed by atoms with Gasteiger partial charge in [-0.2, -0.15) is 5.10 Å². The van der Waals surface area contributed by atoms with Crippen molar-refractivity contribution in [2.24, 2.45) is 5.14 Å². The van der Waals surface area contributed by atoms with Crippen LogP contribution in [0, 0.1) is 0 Å². The van der Waals surface area contributed by atoms with E-state index in [-0.39, 0.29) is 11.6 Å². The molecular formula is C9H17N3O3S. The van der Waals surface area contributed by atoms with Crippen LogP contribution in [0.15, 0.2) is 11.1 Å². The van der Waals surface area contributed by atoms with Crippen LogP contribution in [0.25, 0.3) is 0 Å². The quantitative estimate of drug-likeness (QED) is 0.792. The van der Waals surface area contributed by atoms with Crippen molar-refractivity contribution in [1.82, 2.24) is 9.78 Å². The van der Waals surface area contributed by atoms with Crippen LogP contribution in [-0.4, -0.2) is 25.3 Å². The van der Waals surface area contributed by atoms with Crippen molar-refractivity contribution in [3.63, 3.8) is 0 Å². The van der Waals surface area contributed by atoms with E-state index >= 15 is 0 Å². The number of nitrogens with two attached hydrogens (primary N) is 1. The number of methoxy groups -OCH3 is 1. The Labute approximate surface area is 95.4 Å². The molecule has 0 spiro atoms. The Balaban J connectivity index is 3.03. The fraction of sp³-hybridized carbons (Fsp3) is 0.667. The van der Waals surface area contributed by atoms with E-state index in [1.807, 2.05) is 6.92 Å². The monoisotopic (exact) mass is 247 g/mol. The van der Waals surface area contributed by atoms with E-state index < -0.39 is 10.0 Å². The third-order valence-electron chi connectivity index (χ3n) is 2.10.